The lowest BCUT2D eigenvalue weighted by Gasteiger charge is -2.48. The average molecular weight is 449 g/mol. The van der Waals surface area contributed by atoms with Crippen molar-refractivity contribution in [3.05, 3.63) is 34.2 Å². The maximum Gasteiger partial charge on any atom is 0.306 e. The third kappa shape index (κ3) is 5.11. The first-order valence-electron chi connectivity index (χ1n) is 13.3. The molecule has 2 aliphatic heterocycles. The highest BCUT2D eigenvalue weighted by molar-refractivity contribution is 6.12. The molecule has 1 aromatic carbocycles. The molecule has 2 saturated heterocycles. The molecule has 2 heterocycles. The van der Waals surface area contributed by atoms with E-state index in [1.165, 1.54) is 53.8 Å². The zero-order valence-corrected chi connectivity index (χ0v) is 20.4. The highest BCUT2D eigenvalue weighted by Crippen LogP contribution is 2.38. The van der Waals surface area contributed by atoms with Gasteiger partial charge in [-0.05, 0) is 85.8 Å². The number of aliphatic imine (C=N–C) groups is 1. The van der Waals surface area contributed by atoms with Crippen LogP contribution in [0.25, 0.3) is 12.2 Å². The molecule has 1 aromatic rings. The summed E-state index contributed by atoms with van der Waals surface area (Å²) in [5.41, 5.74) is 2.64. The molecule has 2 aliphatic carbocycles. The smallest absolute Gasteiger partial charge is 0.306 e. The van der Waals surface area contributed by atoms with Crippen LogP contribution < -0.4 is 10.4 Å². The summed E-state index contributed by atoms with van der Waals surface area (Å²) < 4.78 is 0. The minimum absolute atomic E-state index is 0.155. The van der Waals surface area contributed by atoms with E-state index in [4.69, 9.17) is 4.99 Å². The monoisotopic (exact) mass is 448 g/mol. The minimum Gasteiger partial charge on any atom is -0.481 e. The molecule has 3 atom stereocenters. The Labute approximate surface area is 198 Å². The molecule has 5 rings (SSSR count). The lowest BCUT2D eigenvalue weighted by molar-refractivity contribution is -0.146. The Morgan fingerprint density at radius 1 is 1.03 bits per heavy atom. The van der Waals surface area contributed by atoms with Crippen LogP contribution in [0.5, 0.6) is 0 Å². The molecule has 0 amide bonds. The third-order valence-corrected chi connectivity index (χ3v) is 8.81. The van der Waals surface area contributed by atoms with Crippen molar-refractivity contribution in [2.24, 2.45) is 22.7 Å². The predicted octanol–water partition coefficient (Wildman–Crippen LogP) is 4.52. The summed E-state index contributed by atoms with van der Waals surface area (Å²) in [5, 5.41) is 12.2. The zero-order chi connectivity index (χ0) is 22.9. The molecule has 1 saturated carbocycles. The van der Waals surface area contributed by atoms with Crippen LogP contribution in [0.1, 0.15) is 83.6 Å². The van der Waals surface area contributed by atoms with Crippen LogP contribution in [0, 0.1) is 17.8 Å². The molecule has 3 fully saturated rings. The van der Waals surface area contributed by atoms with Gasteiger partial charge in [0.2, 0.25) is 0 Å². The number of nitrogens with zero attached hydrogens (tertiary/aromatic N) is 2. The highest BCUT2D eigenvalue weighted by Gasteiger charge is 2.40. The molecule has 0 spiro atoms. The summed E-state index contributed by atoms with van der Waals surface area (Å²) in [4.78, 5) is 19.4. The number of rotatable bonds is 4. The molecule has 1 N–H and O–H groups in total. The van der Waals surface area contributed by atoms with Crippen molar-refractivity contribution in [1.82, 2.24) is 4.90 Å². The molecule has 33 heavy (non-hydrogen) atoms. The Balaban J connectivity index is 1.35. The topological polar surface area (TPSA) is 52.9 Å². The normalized spacial score (nSPS) is 35.8. The van der Waals surface area contributed by atoms with Gasteiger partial charge < -0.3 is 5.11 Å². The summed E-state index contributed by atoms with van der Waals surface area (Å²) in [7, 11) is 0. The second-order valence-electron chi connectivity index (χ2n) is 11.3. The van der Waals surface area contributed by atoms with E-state index in [1.807, 2.05) is 0 Å². The molecule has 2 bridgehead atoms. The van der Waals surface area contributed by atoms with E-state index >= 15 is 0 Å². The van der Waals surface area contributed by atoms with Crippen molar-refractivity contribution in [2.45, 2.75) is 103 Å². The quantitative estimate of drug-likeness (QED) is 0.737. The summed E-state index contributed by atoms with van der Waals surface area (Å²) in [6.07, 6.45) is 16.0. The first-order chi connectivity index (χ1) is 16.0. The van der Waals surface area contributed by atoms with Crippen molar-refractivity contribution in [2.75, 3.05) is 0 Å². The number of carbonyl (C=O) groups is 1. The lowest BCUT2D eigenvalue weighted by Crippen LogP contribution is -2.52. The average Bonchev–Trinajstić information content (AvgIpc) is 2.93. The SMILES string of the molecule is CC1CCC(N=C2C=c3ccc(CN4C5CCCC4CC(C(=O)O)C5)cc3=CCC2C)CC1. The fourth-order valence-corrected chi connectivity index (χ4v) is 6.65. The number of carboxylic acid groups (broad SMARTS) is 1. The molecular weight excluding hydrogens is 408 g/mol. The van der Waals surface area contributed by atoms with Crippen molar-refractivity contribution in [1.29, 1.82) is 0 Å². The van der Waals surface area contributed by atoms with Crippen LogP contribution >= 0.6 is 0 Å². The highest BCUT2D eigenvalue weighted by atomic mass is 16.4. The number of aliphatic carboxylic acids is 1. The number of hydrogen-bond donors (Lipinski definition) is 1. The van der Waals surface area contributed by atoms with Crippen LogP contribution in [-0.2, 0) is 11.3 Å². The number of piperidine rings is 2. The number of carboxylic acids is 1. The second kappa shape index (κ2) is 9.74. The van der Waals surface area contributed by atoms with Crippen LogP contribution in [0.4, 0.5) is 0 Å². The fourth-order valence-electron chi connectivity index (χ4n) is 6.65. The maximum atomic E-state index is 11.6. The van der Waals surface area contributed by atoms with Gasteiger partial charge in [0.25, 0.3) is 0 Å². The van der Waals surface area contributed by atoms with Crippen LogP contribution in [0.2, 0.25) is 0 Å². The van der Waals surface area contributed by atoms with Gasteiger partial charge in [-0.3, -0.25) is 14.7 Å². The largest absolute Gasteiger partial charge is 0.481 e. The Morgan fingerprint density at radius 3 is 2.45 bits per heavy atom. The number of fused-ring (bicyclic) bond motifs is 3. The van der Waals surface area contributed by atoms with Gasteiger partial charge in [0.15, 0.2) is 0 Å². The van der Waals surface area contributed by atoms with E-state index in [-0.39, 0.29) is 5.92 Å². The van der Waals surface area contributed by atoms with E-state index in [1.54, 1.807) is 0 Å². The van der Waals surface area contributed by atoms with Gasteiger partial charge in [0.05, 0.1) is 12.0 Å². The second-order valence-corrected chi connectivity index (χ2v) is 11.3. The molecule has 4 nitrogen and oxygen atoms in total. The summed E-state index contributed by atoms with van der Waals surface area (Å²) >= 11 is 0. The Bertz CT molecular complexity index is 1010. The first kappa shape index (κ1) is 22.8. The van der Waals surface area contributed by atoms with Crippen molar-refractivity contribution >= 4 is 23.8 Å². The van der Waals surface area contributed by atoms with Crippen molar-refractivity contribution in [3.63, 3.8) is 0 Å². The summed E-state index contributed by atoms with van der Waals surface area (Å²) in [6.45, 7) is 5.63. The molecule has 0 radical (unpaired) electrons. The van der Waals surface area contributed by atoms with E-state index in [0.29, 0.717) is 24.0 Å². The van der Waals surface area contributed by atoms with Crippen LogP contribution in [-0.4, -0.2) is 39.8 Å². The van der Waals surface area contributed by atoms with Crippen LogP contribution in [0.3, 0.4) is 0 Å². The molecule has 178 valence electrons. The number of benzene rings is 1. The summed E-state index contributed by atoms with van der Waals surface area (Å²) in [5.74, 6) is 0.572. The van der Waals surface area contributed by atoms with Gasteiger partial charge in [0.1, 0.15) is 0 Å². The van der Waals surface area contributed by atoms with Gasteiger partial charge in [0, 0.05) is 30.3 Å². The van der Waals surface area contributed by atoms with Gasteiger partial charge in [-0.15, -0.1) is 0 Å². The fraction of sp³-hybridized carbons (Fsp3) is 0.655. The first-order valence-corrected chi connectivity index (χ1v) is 13.3. The molecule has 4 aliphatic rings. The van der Waals surface area contributed by atoms with Gasteiger partial charge in [-0.25, -0.2) is 0 Å². The van der Waals surface area contributed by atoms with Gasteiger partial charge in [-0.1, -0.05) is 44.5 Å². The van der Waals surface area contributed by atoms with Crippen molar-refractivity contribution < 1.29 is 9.90 Å². The van der Waals surface area contributed by atoms with E-state index in [9.17, 15) is 9.90 Å². The molecule has 3 unspecified atom stereocenters. The van der Waals surface area contributed by atoms with E-state index in [0.717, 1.165) is 44.6 Å². The molecular formula is C29H40N2O2. The zero-order valence-electron chi connectivity index (χ0n) is 20.4. The number of hydrogen-bond acceptors (Lipinski definition) is 3. The maximum absolute atomic E-state index is 11.6. The minimum atomic E-state index is -0.601. The van der Waals surface area contributed by atoms with Crippen LogP contribution in [0.15, 0.2) is 23.2 Å². The van der Waals surface area contributed by atoms with E-state index < -0.39 is 5.97 Å². The Morgan fingerprint density at radius 2 is 1.76 bits per heavy atom. The Kier molecular flexibility index (Phi) is 6.74. The summed E-state index contributed by atoms with van der Waals surface area (Å²) in [6, 6.07) is 8.30. The van der Waals surface area contributed by atoms with Gasteiger partial charge in [-0.2, -0.15) is 0 Å². The van der Waals surface area contributed by atoms with Gasteiger partial charge >= 0.3 is 5.97 Å². The standard InChI is InChI=1S/C29H40N2O2/c1-19-6-12-25(13-7-19)30-28-17-23-11-9-21(14-22(23)10-8-20(28)2)18-31-26-4-3-5-27(31)16-24(15-26)29(32)33/h9-11,14,17,19-20,24-27H,3-8,12-13,15-16,18H2,1-2H3,(H,32,33). The predicted molar refractivity (Wildman–Crippen MR) is 135 cm³/mol. The van der Waals surface area contributed by atoms with Crippen molar-refractivity contribution in [3.8, 4) is 0 Å². The van der Waals surface area contributed by atoms with E-state index in [2.05, 4.69) is 49.1 Å². The molecule has 0 aromatic heterocycles. The third-order valence-electron chi connectivity index (χ3n) is 8.81. The molecule has 4 heteroatoms. The lowest BCUT2D eigenvalue weighted by atomic mass is 9.78. The Hall–Kier alpha value is -1.94.